The SMILES string of the molecule is C=C1CC[C@H]2[C@@](C)(CCC[C@@]2(C)C(=O)OC)[C@@H]1CCc1ccoc1C[n+]1ccccc1. The fourth-order valence-electron chi connectivity index (χ4n) is 6.69. The number of ether oxygens (including phenoxy) is 1. The number of hydrogen-bond acceptors (Lipinski definition) is 3. The molecule has 4 atom stereocenters. The number of carbonyl (C=O) groups excluding carboxylic acids is 1. The molecule has 2 heterocycles. The molecule has 2 aliphatic carbocycles. The Bertz CT molecular complexity index is 933. The number of pyridine rings is 1. The Morgan fingerprint density at radius 3 is 2.77 bits per heavy atom. The summed E-state index contributed by atoms with van der Waals surface area (Å²) in [6.07, 6.45) is 13.2. The molecule has 4 nitrogen and oxygen atoms in total. The Morgan fingerprint density at radius 1 is 1.26 bits per heavy atom. The molecule has 2 aromatic heterocycles. The van der Waals surface area contributed by atoms with E-state index in [0.717, 1.165) is 57.3 Å². The van der Waals surface area contributed by atoms with Crippen LogP contribution in [0.4, 0.5) is 0 Å². The molecule has 166 valence electrons. The predicted molar refractivity (Wildman–Crippen MR) is 120 cm³/mol. The highest BCUT2D eigenvalue weighted by Crippen LogP contribution is 2.62. The van der Waals surface area contributed by atoms with Gasteiger partial charge in [-0.25, -0.2) is 0 Å². The number of rotatable bonds is 6. The quantitative estimate of drug-likeness (QED) is 0.351. The lowest BCUT2D eigenvalue weighted by Gasteiger charge is -2.57. The van der Waals surface area contributed by atoms with E-state index in [1.54, 1.807) is 0 Å². The van der Waals surface area contributed by atoms with Gasteiger partial charge in [0.15, 0.2) is 18.2 Å². The summed E-state index contributed by atoms with van der Waals surface area (Å²) < 4.78 is 13.2. The highest BCUT2D eigenvalue weighted by Gasteiger charge is 2.57. The molecule has 2 aliphatic rings. The van der Waals surface area contributed by atoms with Crippen LogP contribution in [-0.4, -0.2) is 13.1 Å². The van der Waals surface area contributed by atoms with E-state index in [9.17, 15) is 4.79 Å². The van der Waals surface area contributed by atoms with E-state index in [1.165, 1.54) is 18.2 Å². The highest BCUT2D eigenvalue weighted by molar-refractivity contribution is 5.77. The molecule has 0 spiro atoms. The monoisotopic (exact) mass is 422 g/mol. The molecule has 31 heavy (non-hydrogen) atoms. The minimum absolute atomic E-state index is 0.0355. The summed E-state index contributed by atoms with van der Waals surface area (Å²) in [5.41, 5.74) is 2.34. The van der Waals surface area contributed by atoms with Crippen molar-refractivity contribution in [1.29, 1.82) is 0 Å². The molecule has 0 N–H and O–H groups in total. The summed E-state index contributed by atoms with van der Waals surface area (Å²) in [7, 11) is 1.53. The molecule has 0 aromatic carbocycles. The summed E-state index contributed by atoms with van der Waals surface area (Å²) in [4.78, 5) is 12.8. The van der Waals surface area contributed by atoms with Crippen LogP contribution in [0.25, 0.3) is 0 Å². The molecule has 0 saturated heterocycles. The minimum atomic E-state index is -0.383. The van der Waals surface area contributed by atoms with E-state index in [2.05, 4.69) is 43.5 Å². The van der Waals surface area contributed by atoms with Gasteiger partial charge in [-0.2, -0.15) is 4.57 Å². The molecule has 2 aromatic rings. The third-order valence-electron chi connectivity index (χ3n) is 8.31. The molecule has 0 bridgehead atoms. The van der Waals surface area contributed by atoms with Crippen LogP contribution >= 0.6 is 0 Å². The summed E-state index contributed by atoms with van der Waals surface area (Å²) in [6.45, 7) is 9.78. The maximum atomic E-state index is 12.8. The zero-order valence-electron chi connectivity index (χ0n) is 19.2. The van der Waals surface area contributed by atoms with E-state index in [1.807, 2.05) is 24.5 Å². The van der Waals surface area contributed by atoms with Crippen molar-refractivity contribution in [2.24, 2.45) is 22.7 Å². The van der Waals surface area contributed by atoms with Crippen molar-refractivity contribution in [3.8, 4) is 0 Å². The van der Waals surface area contributed by atoms with Crippen LogP contribution in [-0.2, 0) is 22.5 Å². The Hall–Kier alpha value is -2.36. The van der Waals surface area contributed by atoms with Crippen LogP contribution in [0.1, 0.15) is 63.7 Å². The number of nitrogens with zero attached hydrogens (tertiary/aromatic N) is 1. The van der Waals surface area contributed by atoms with Crippen molar-refractivity contribution in [3.05, 3.63) is 66.4 Å². The third-order valence-corrected chi connectivity index (χ3v) is 8.31. The maximum absolute atomic E-state index is 12.8. The number of carbonyl (C=O) groups is 1. The first kappa shape index (κ1) is 21.9. The number of aromatic nitrogens is 1. The van der Waals surface area contributed by atoms with Gasteiger partial charge in [0.2, 0.25) is 6.54 Å². The molecule has 2 fully saturated rings. The highest BCUT2D eigenvalue weighted by atomic mass is 16.5. The summed E-state index contributed by atoms with van der Waals surface area (Å²) in [5, 5.41) is 0. The van der Waals surface area contributed by atoms with Gasteiger partial charge >= 0.3 is 5.97 Å². The van der Waals surface area contributed by atoms with E-state index < -0.39 is 0 Å². The third kappa shape index (κ3) is 3.97. The molecule has 4 heteroatoms. The fourth-order valence-corrected chi connectivity index (χ4v) is 6.69. The largest absolute Gasteiger partial charge is 0.469 e. The van der Waals surface area contributed by atoms with Crippen molar-refractivity contribution >= 4 is 5.97 Å². The zero-order chi connectivity index (χ0) is 22.1. The summed E-state index contributed by atoms with van der Waals surface area (Å²) in [5.74, 6) is 1.76. The molecule has 4 rings (SSSR count). The van der Waals surface area contributed by atoms with E-state index in [0.29, 0.717) is 11.8 Å². The first-order chi connectivity index (χ1) is 14.9. The van der Waals surface area contributed by atoms with Crippen molar-refractivity contribution in [1.82, 2.24) is 0 Å². The lowest BCUT2D eigenvalue weighted by atomic mass is 9.46. The smallest absolute Gasteiger partial charge is 0.311 e. The molecular weight excluding hydrogens is 386 g/mol. The molecule has 2 saturated carbocycles. The number of fused-ring (bicyclic) bond motifs is 1. The topological polar surface area (TPSA) is 43.3 Å². The second-order valence-corrected chi connectivity index (χ2v) is 10.0. The van der Waals surface area contributed by atoms with Gasteiger partial charge in [0.25, 0.3) is 0 Å². The van der Waals surface area contributed by atoms with Crippen LogP contribution in [0.2, 0.25) is 0 Å². The van der Waals surface area contributed by atoms with Gasteiger partial charge in [-0.15, -0.1) is 0 Å². The van der Waals surface area contributed by atoms with E-state index in [-0.39, 0.29) is 16.8 Å². The second-order valence-electron chi connectivity index (χ2n) is 10.0. The summed E-state index contributed by atoms with van der Waals surface area (Å²) in [6, 6.07) is 8.22. The number of aryl methyl sites for hydroxylation is 1. The van der Waals surface area contributed by atoms with Gasteiger partial charge in [-0.05, 0) is 68.8 Å². The van der Waals surface area contributed by atoms with Crippen LogP contribution < -0.4 is 4.57 Å². The molecule has 0 amide bonds. The van der Waals surface area contributed by atoms with Crippen LogP contribution in [0.5, 0.6) is 0 Å². The number of methoxy groups -OCH3 is 1. The van der Waals surface area contributed by atoms with Gasteiger partial charge in [-0.1, -0.05) is 31.6 Å². The Kier molecular flexibility index (Phi) is 6.09. The van der Waals surface area contributed by atoms with Gasteiger partial charge in [-0.3, -0.25) is 4.79 Å². The maximum Gasteiger partial charge on any atom is 0.311 e. The predicted octanol–water partition coefficient (Wildman–Crippen LogP) is 5.50. The average molecular weight is 423 g/mol. The van der Waals surface area contributed by atoms with Gasteiger partial charge < -0.3 is 9.15 Å². The summed E-state index contributed by atoms with van der Waals surface area (Å²) >= 11 is 0. The fraction of sp³-hybridized carbons (Fsp3) is 0.556. The van der Waals surface area contributed by atoms with Gasteiger partial charge in [0.1, 0.15) is 0 Å². The molecule has 0 radical (unpaired) electrons. The minimum Gasteiger partial charge on any atom is -0.469 e. The number of esters is 1. The Labute approximate surface area is 186 Å². The van der Waals surface area contributed by atoms with Crippen molar-refractivity contribution < 1.29 is 18.5 Å². The van der Waals surface area contributed by atoms with Gasteiger partial charge in [0, 0.05) is 17.7 Å². The Balaban J connectivity index is 1.53. The van der Waals surface area contributed by atoms with Crippen LogP contribution in [0.15, 0.2) is 59.5 Å². The number of furan rings is 1. The zero-order valence-corrected chi connectivity index (χ0v) is 19.2. The van der Waals surface area contributed by atoms with E-state index in [4.69, 9.17) is 9.15 Å². The number of hydrogen-bond donors (Lipinski definition) is 0. The normalized spacial score (nSPS) is 30.6. The van der Waals surface area contributed by atoms with Crippen molar-refractivity contribution in [2.75, 3.05) is 7.11 Å². The lowest BCUT2D eigenvalue weighted by Crippen LogP contribution is -2.53. The first-order valence-corrected chi connectivity index (χ1v) is 11.6. The standard InChI is InChI=1S/C27H36NO3/c1-20-9-12-24-26(2,14-8-15-27(24,3)25(29)30-4)22(20)11-10-21-13-18-31-23(21)19-28-16-6-5-7-17-28/h5-7,13,16-18,22,24H,1,8-12,14-15,19H2,2-4H3/q+1/t22-,24+,26+,27-/m1/s1. The van der Waals surface area contributed by atoms with Gasteiger partial charge in [0.05, 0.1) is 18.8 Å². The molecule has 0 unspecified atom stereocenters. The molecular formula is C27H36NO3+. The van der Waals surface area contributed by atoms with Crippen LogP contribution in [0, 0.1) is 22.7 Å². The van der Waals surface area contributed by atoms with E-state index >= 15 is 0 Å². The second kappa shape index (κ2) is 8.64. The Morgan fingerprint density at radius 2 is 2.03 bits per heavy atom. The average Bonchev–Trinajstić information content (AvgIpc) is 3.20. The van der Waals surface area contributed by atoms with Crippen molar-refractivity contribution in [3.63, 3.8) is 0 Å². The van der Waals surface area contributed by atoms with Crippen molar-refractivity contribution in [2.45, 2.75) is 65.3 Å². The van der Waals surface area contributed by atoms with Crippen LogP contribution in [0.3, 0.4) is 0 Å². The lowest BCUT2D eigenvalue weighted by molar-refractivity contribution is -0.690. The first-order valence-electron chi connectivity index (χ1n) is 11.6. The number of allylic oxidation sites excluding steroid dienone is 1. The molecule has 0 aliphatic heterocycles.